The molecular formula is C20H35N3O4. The standard InChI is InChI=1S/C20H35N3O4/c1-5-21-19(22-9-7-10-25-13-17-8-6-11-26-17)23-14-20(4,24)18-12-15(2)27-16(18)3/h12,17,24H,5-11,13-14H2,1-4H3,(H2,21,22,23). The highest BCUT2D eigenvalue weighted by Gasteiger charge is 2.27. The molecule has 0 bridgehead atoms. The van der Waals surface area contributed by atoms with E-state index in [0.29, 0.717) is 19.2 Å². The van der Waals surface area contributed by atoms with Gasteiger partial charge in [-0.05, 0) is 53.0 Å². The Labute approximate surface area is 162 Å². The molecule has 1 aromatic rings. The molecule has 2 atom stereocenters. The molecule has 2 rings (SSSR count). The highest BCUT2D eigenvalue weighted by Crippen LogP contribution is 2.27. The molecule has 2 heterocycles. The molecule has 7 heteroatoms. The van der Waals surface area contributed by atoms with Crippen LogP contribution in [0.1, 0.15) is 50.2 Å². The quantitative estimate of drug-likeness (QED) is 0.327. The van der Waals surface area contributed by atoms with E-state index in [1.807, 2.05) is 26.8 Å². The molecule has 0 spiro atoms. The lowest BCUT2D eigenvalue weighted by molar-refractivity contribution is 0.0168. The molecular weight excluding hydrogens is 346 g/mol. The molecule has 1 aromatic heterocycles. The van der Waals surface area contributed by atoms with E-state index in [9.17, 15) is 5.11 Å². The fourth-order valence-electron chi connectivity index (χ4n) is 3.20. The van der Waals surface area contributed by atoms with Crippen LogP contribution in [0.2, 0.25) is 0 Å². The summed E-state index contributed by atoms with van der Waals surface area (Å²) in [6.07, 6.45) is 3.40. The minimum absolute atomic E-state index is 0.248. The SMILES string of the molecule is CCNC(=NCC(C)(O)c1cc(C)oc1C)NCCCOCC1CCCO1. The average molecular weight is 382 g/mol. The van der Waals surface area contributed by atoms with Crippen molar-refractivity contribution in [3.63, 3.8) is 0 Å². The minimum atomic E-state index is -1.07. The zero-order valence-corrected chi connectivity index (χ0v) is 17.1. The van der Waals surface area contributed by atoms with Gasteiger partial charge in [-0.15, -0.1) is 0 Å². The molecule has 2 unspecified atom stereocenters. The summed E-state index contributed by atoms with van der Waals surface area (Å²) in [5.74, 6) is 2.21. The molecule has 1 aliphatic rings. The van der Waals surface area contributed by atoms with Crippen LogP contribution < -0.4 is 10.6 Å². The lowest BCUT2D eigenvalue weighted by Crippen LogP contribution is -2.39. The lowest BCUT2D eigenvalue weighted by Gasteiger charge is -2.21. The van der Waals surface area contributed by atoms with Crippen LogP contribution in [-0.2, 0) is 15.1 Å². The van der Waals surface area contributed by atoms with Gasteiger partial charge in [0.25, 0.3) is 0 Å². The highest BCUT2D eigenvalue weighted by molar-refractivity contribution is 5.79. The maximum atomic E-state index is 10.8. The first-order chi connectivity index (χ1) is 12.9. The Morgan fingerprint density at radius 1 is 1.41 bits per heavy atom. The predicted octanol–water partition coefficient (Wildman–Crippen LogP) is 2.24. The van der Waals surface area contributed by atoms with Gasteiger partial charge in [-0.3, -0.25) is 0 Å². The van der Waals surface area contributed by atoms with Gasteiger partial charge in [0, 0.05) is 31.9 Å². The first-order valence-corrected chi connectivity index (χ1v) is 9.94. The van der Waals surface area contributed by atoms with Gasteiger partial charge >= 0.3 is 0 Å². The molecule has 0 aliphatic carbocycles. The number of guanidine groups is 1. The smallest absolute Gasteiger partial charge is 0.191 e. The summed E-state index contributed by atoms with van der Waals surface area (Å²) in [6.45, 7) is 11.5. The zero-order chi connectivity index (χ0) is 19.7. The topological polar surface area (TPSA) is 88.3 Å². The number of aryl methyl sites for hydroxylation is 2. The number of nitrogens with one attached hydrogen (secondary N) is 2. The Bertz CT molecular complexity index is 592. The van der Waals surface area contributed by atoms with E-state index in [1.54, 1.807) is 6.92 Å². The van der Waals surface area contributed by atoms with E-state index in [4.69, 9.17) is 13.9 Å². The van der Waals surface area contributed by atoms with Gasteiger partial charge in [0.2, 0.25) is 0 Å². The fourth-order valence-corrected chi connectivity index (χ4v) is 3.20. The van der Waals surface area contributed by atoms with E-state index < -0.39 is 5.60 Å². The van der Waals surface area contributed by atoms with Gasteiger partial charge < -0.3 is 29.6 Å². The number of furan rings is 1. The van der Waals surface area contributed by atoms with Crippen LogP contribution in [0, 0.1) is 13.8 Å². The van der Waals surface area contributed by atoms with Crippen molar-refractivity contribution in [1.29, 1.82) is 0 Å². The lowest BCUT2D eigenvalue weighted by atomic mass is 9.96. The summed E-state index contributed by atoms with van der Waals surface area (Å²) in [6, 6.07) is 1.87. The number of nitrogens with zero attached hydrogens (tertiary/aromatic N) is 1. The molecule has 7 nitrogen and oxygen atoms in total. The number of hydrogen-bond donors (Lipinski definition) is 3. The highest BCUT2D eigenvalue weighted by atomic mass is 16.5. The molecule has 0 saturated carbocycles. The zero-order valence-electron chi connectivity index (χ0n) is 17.1. The normalized spacial score (nSPS) is 19.9. The van der Waals surface area contributed by atoms with Crippen molar-refractivity contribution in [3.05, 3.63) is 23.2 Å². The molecule has 1 aliphatic heterocycles. The number of hydrogen-bond acceptors (Lipinski definition) is 5. The largest absolute Gasteiger partial charge is 0.466 e. The van der Waals surface area contributed by atoms with E-state index in [1.165, 1.54) is 0 Å². The van der Waals surface area contributed by atoms with Crippen molar-refractivity contribution in [1.82, 2.24) is 10.6 Å². The van der Waals surface area contributed by atoms with Gasteiger partial charge in [-0.2, -0.15) is 0 Å². The van der Waals surface area contributed by atoms with Crippen LogP contribution >= 0.6 is 0 Å². The van der Waals surface area contributed by atoms with Crippen molar-refractivity contribution in [2.45, 2.75) is 58.7 Å². The summed E-state index contributed by atoms with van der Waals surface area (Å²) in [5, 5.41) is 17.3. The molecule has 27 heavy (non-hydrogen) atoms. The number of ether oxygens (including phenoxy) is 2. The van der Waals surface area contributed by atoms with Crippen LogP contribution in [0.25, 0.3) is 0 Å². The number of aliphatic hydroxyl groups is 1. The molecule has 1 saturated heterocycles. The Morgan fingerprint density at radius 2 is 2.22 bits per heavy atom. The van der Waals surface area contributed by atoms with Crippen molar-refractivity contribution < 1.29 is 19.0 Å². The maximum Gasteiger partial charge on any atom is 0.191 e. The predicted molar refractivity (Wildman–Crippen MR) is 106 cm³/mol. The van der Waals surface area contributed by atoms with E-state index in [0.717, 1.165) is 56.0 Å². The fraction of sp³-hybridized carbons (Fsp3) is 0.750. The van der Waals surface area contributed by atoms with Gasteiger partial charge in [0.15, 0.2) is 5.96 Å². The first kappa shape index (κ1) is 21.7. The molecule has 3 N–H and O–H groups in total. The molecule has 0 radical (unpaired) electrons. The number of aliphatic imine (C=N–C) groups is 1. The Hall–Kier alpha value is -1.57. The summed E-state index contributed by atoms with van der Waals surface area (Å²) in [7, 11) is 0. The number of rotatable bonds is 10. The Balaban J connectivity index is 1.74. The second kappa shape index (κ2) is 10.7. The van der Waals surface area contributed by atoms with Crippen molar-refractivity contribution in [2.24, 2.45) is 4.99 Å². The molecule has 1 fully saturated rings. The molecule has 154 valence electrons. The van der Waals surface area contributed by atoms with Crippen molar-refractivity contribution in [3.8, 4) is 0 Å². The van der Waals surface area contributed by atoms with Crippen molar-refractivity contribution in [2.75, 3.05) is 39.5 Å². The molecule has 0 aromatic carbocycles. The Morgan fingerprint density at radius 3 is 2.85 bits per heavy atom. The van der Waals surface area contributed by atoms with E-state index in [-0.39, 0.29) is 12.6 Å². The summed E-state index contributed by atoms with van der Waals surface area (Å²) < 4.78 is 16.7. The second-order valence-electron chi connectivity index (χ2n) is 7.29. The van der Waals surface area contributed by atoms with Gasteiger partial charge in [0.1, 0.15) is 17.1 Å². The second-order valence-corrected chi connectivity index (χ2v) is 7.29. The summed E-state index contributed by atoms with van der Waals surface area (Å²) in [5.41, 5.74) is -0.295. The van der Waals surface area contributed by atoms with Crippen LogP contribution in [0.5, 0.6) is 0 Å². The minimum Gasteiger partial charge on any atom is -0.466 e. The van der Waals surface area contributed by atoms with E-state index >= 15 is 0 Å². The monoisotopic (exact) mass is 381 g/mol. The maximum absolute atomic E-state index is 10.8. The first-order valence-electron chi connectivity index (χ1n) is 9.94. The van der Waals surface area contributed by atoms with Crippen molar-refractivity contribution >= 4 is 5.96 Å². The van der Waals surface area contributed by atoms with Gasteiger partial charge in [-0.1, -0.05) is 0 Å². The van der Waals surface area contributed by atoms with Crippen LogP contribution in [-0.4, -0.2) is 56.6 Å². The average Bonchev–Trinajstić information content (AvgIpc) is 3.25. The summed E-state index contributed by atoms with van der Waals surface area (Å²) >= 11 is 0. The third-order valence-corrected chi connectivity index (χ3v) is 4.60. The van der Waals surface area contributed by atoms with Crippen LogP contribution in [0.15, 0.2) is 15.5 Å². The van der Waals surface area contributed by atoms with Crippen LogP contribution in [0.3, 0.4) is 0 Å². The van der Waals surface area contributed by atoms with Gasteiger partial charge in [0.05, 0.1) is 19.3 Å². The van der Waals surface area contributed by atoms with Gasteiger partial charge in [-0.25, -0.2) is 4.99 Å². The third-order valence-electron chi connectivity index (χ3n) is 4.60. The van der Waals surface area contributed by atoms with E-state index in [2.05, 4.69) is 15.6 Å². The Kier molecular flexibility index (Phi) is 8.60. The third kappa shape index (κ3) is 7.16. The van der Waals surface area contributed by atoms with Crippen LogP contribution in [0.4, 0.5) is 0 Å². The summed E-state index contributed by atoms with van der Waals surface area (Å²) in [4.78, 5) is 4.53. The molecule has 0 amide bonds.